The number of nitrogens with two attached hydrogens (primary N) is 3. The molecule has 2 aromatic rings. The quantitative estimate of drug-likeness (QED) is 0.0303. The SMILES string of the molecule is CC(C)C[C@H](NC(=O)[C@@H]1CCCN1C(=O)[C@H](Cc1ccc(O)cc1)NC(=O)[C@H](CO)NC(=O)[C@H](Cc1ccc(O)cc1)NC(=O)[C@H](CC(=O)O)NC(=O)[C@H](CCCCN)NC(=O)[C@@H](N)CCC(N)=O)C(=O)N[C@H](C(=O)O)[C@@H](C)O. The number of phenols is 2. The van der Waals surface area contributed by atoms with Crippen LogP contribution in [0.15, 0.2) is 48.5 Å². The molecule has 10 atom stereocenters. The number of benzene rings is 2. The van der Waals surface area contributed by atoms with Crippen LogP contribution in [0.3, 0.4) is 0 Å². The van der Waals surface area contributed by atoms with Gasteiger partial charge < -0.3 is 90.0 Å². The Labute approximate surface area is 455 Å². The summed E-state index contributed by atoms with van der Waals surface area (Å²) in [5.41, 5.74) is 17.4. The lowest BCUT2D eigenvalue weighted by Gasteiger charge is -2.31. The summed E-state index contributed by atoms with van der Waals surface area (Å²) in [6.45, 7) is 3.75. The molecule has 1 aliphatic rings. The molecule has 79 heavy (non-hydrogen) atoms. The number of amides is 9. The maximum atomic E-state index is 14.6. The predicted octanol–water partition coefficient (Wildman–Crippen LogP) is -4.03. The number of aliphatic hydroxyl groups excluding tert-OH is 2. The van der Waals surface area contributed by atoms with Crippen LogP contribution in [-0.4, -0.2) is 181 Å². The molecule has 9 amide bonds. The molecular formula is C51H75N11O17. The van der Waals surface area contributed by atoms with Crippen molar-refractivity contribution in [2.45, 2.75) is 152 Å². The normalized spacial score (nSPS) is 16.5. The molecule has 19 N–H and O–H groups in total. The number of carbonyl (C=O) groups excluding carboxylic acids is 9. The standard InChI is InChI=1S/C51H75N11O17/c1-26(2)21-34(47(74)61-42(27(3)64)51(78)79)58-49(76)39-8-6-20-62(39)50(77)37(23-29-11-15-31(66)16-12-29)59-48(75)38(25-63)60-45(72)35(22-28-9-13-30(65)14-10-28)56-46(73)36(24-41(68)69)57-44(71)33(7-4-5-19-52)55-43(70)32(53)17-18-40(54)67/h9-16,26-27,32-39,42,63-66H,4-8,17-25,52-53H2,1-3H3,(H2,54,67)(H,55,70)(H,56,73)(H,57,71)(H,58,76)(H,59,75)(H,60,72)(H,61,74)(H,68,69)(H,78,79)/t27-,32+,33+,34+,35+,36+,37+,38+,39+,42+/m1/s1. The van der Waals surface area contributed by atoms with Crippen LogP contribution in [0.25, 0.3) is 0 Å². The van der Waals surface area contributed by atoms with Crippen LogP contribution >= 0.6 is 0 Å². The van der Waals surface area contributed by atoms with Crippen molar-refractivity contribution < 1.29 is 83.4 Å². The number of phenolic OH excluding ortho intramolecular Hbond substituents is 2. The lowest BCUT2D eigenvalue weighted by Crippen LogP contribution is -2.61. The number of rotatable bonds is 33. The number of likely N-dealkylation sites (tertiary alicyclic amines) is 1. The predicted molar refractivity (Wildman–Crippen MR) is 279 cm³/mol. The molecule has 1 saturated heterocycles. The number of aromatic hydroxyl groups is 2. The fraction of sp³-hybridized carbons (Fsp3) is 0.549. The van der Waals surface area contributed by atoms with E-state index in [0.29, 0.717) is 17.5 Å². The number of unbranched alkanes of at least 4 members (excludes halogenated alkanes) is 1. The van der Waals surface area contributed by atoms with Gasteiger partial charge in [-0.05, 0) is 99.7 Å². The second kappa shape index (κ2) is 32.1. The Balaban J connectivity index is 1.93. The van der Waals surface area contributed by atoms with E-state index < -0.39 is 145 Å². The van der Waals surface area contributed by atoms with E-state index in [1.54, 1.807) is 13.8 Å². The fourth-order valence-electron chi connectivity index (χ4n) is 8.40. The molecule has 28 nitrogen and oxygen atoms in total. The van der Waals surface area contributed by atoms with Gasteiger partial charge >= 0.3 is 11.9 Å². The minimum atomic E-state index is -1.91. The van der Waals surface area contributed by atoms with E-state index in [1.165, 1.54) is 53.4 Å². The van der Waals surface area contributed by atoms with Gasteiger partial charge in [-0.1, -0.05) is 38.1 Å². The van der Waals surface area contributed by atoms with Crippen LogP contribution in [0.4, 0.5) is 0 Å². The number of carboxylic acid groups (broad SMARTS) is 2. The van der Waals surface area contributed by atoms with Gasteiger partial charge in [0.15, 0.2) is 6.04 Å². The first kappa shape index (κ1) is 65.3. The van der Waals surface area contributed by atoms with E-state index in [9.17, 15) is 83.4 Å². The Kier molecular flexibility index (Phi) is 26.5. The van der Waals surface area contributed by atoms with Gasteiger partial charge in [0.05, 0.1) is 25.2 Å². The van der Waals surface area contributed by atoms with E-state index in [1.807, 2.05) is 0 Å². The summed E-state index contributed by atoms with van der Waals surface area (Å²) < 4.78 is 0. The Bertz CT molecular complexity index is 2440. The monoisotopic (exact) mass is 1110 g/mol. The topological polar surface area (TPSA) is 475 Å². The average molecular weight is 1110 g/mol. The highest BCUT2D eigenvalue weighted by Crippen LogP contribution is 2.22. The number of carbonyl (C=O) groups is 11. The zero-order valence-electron chi connectivity index (χ0n) is 44.2. The van der Waals surface area contributed by atoms with E-state index in [4.69, 9.17) is 17.2 Å². The average Bonchev–Trinajstić information content (AvgIpc) is 3.95. The summed E-state index contributed by atoms with van der Waals surface area (Å²) in [5, 5.41) is 76.6. The van der Waals surface area contributed by atoms with Gasteiger partial charge in [0, 0.05) is 25.8 Å². The number of nitrogens with zero attached hydrogens (tertiary/aromatic N) is 1. The minimum Gasteiger partial charge on any atom is -0.508 e. The van der Waals surface area contributed by atoms with Gasteiger partial charge in [-0.25, -0.2) is 4.79 Å². The molecule has 2 aromatic carbocycles. The number of nitrogens with one attached hydrogen (secondary N) is 7. The third kappa shape index (κ3) is 21.8. The Hall–Kier alpha value is -7.95. The Morgan fingerprint density at radius 1 is 0.633 bits per heavy atom. The number of hydrogen-bond donors (Lipinski definition) is 16. The van der Waals surface area contributed by atoms with Crippen LogP contribution in [0, 0.1) is 5.92 Å². The fourth-order valence-corrected chi connectivity index (χ4v) is 8.40. The second-order valence-corrected chi connectivity index (χ2v) is 19.7. The summed E-state index contributed by atoms with van der Waals surface area (Å²) in [6, 6.07) is -3.08. The van der Waals surface area contributed by atoms with E-state index >= 15 is 0 Å². The summed E-state index contributed by atoms with van der Waals surface area (Å²) in [4.78, 5) is 147. The largest absolute Gasteiger partial charge is 0.508 e. The zero-order valence-corrected chi connectivity index (χ0v) is 44.2. The molecule has 0 aliphatic carbocycles. The minimum absolute atomic E-state index is 0.0126. The number of aliphatic carboxylic acids is 2. The van der Waals surface area contributed by atoms with Crippen LogP contribution in [0.2, 0.25) is 0 Å². The third-order valence-electron chi connectivity index (χ3n) is 12.7. The van der Waals surface area contributed by atoms with Crippen molar-refractivity contribution in [3.8, 4) is 11.5 Å². The van der Waals surface area contributed by atoms with Gasteiger partial charge in [0.2, 0.25) is 53.2 Å². The highest BCUT2D eigenvalue weighted by atomic mass is 16.4. The summed E-state index contributed by atoms with van der Waals surface area (Å²) >= 11 is 0. The van der Waals surface area contributed by atoms with Crippen LogP contribution in [0.1, 0.15) is 89.7 Å². The van der Waals surface area contributed by atoms with E-state index in [2.05, 4.69) is 37.2 Å². The number of primary amides is 1. The molecule has 28 heteroatoms. The highest BCUT2D eigenvalue weighted by Gasteiger charge is 2.41. The van der Waals surface area contributed by atoms with Gasteiger partial charge in [0.25, 0.3) is 0 Å². The van der Waals surface area contributed by atoms with Crippen molar-refractivity contribution in [2.75, 3.05) is 19.7 Å². The van der Waals surface area contributed by atoms with Gasteiger partial charge in [-0.2, -0.15) is 0 Å². The molecular weight excluding hydrogens is 1040 g/mol. The zero-order chi connectivity index (χ0) is 59.1. The number of hydrogen-bond acceptors (Lipinski definition) is 17. The summed E-state index contributed by atoms with van der Waals surface area (Å²) in [7, 11) is 0. The van der Waals surface area contributed by atoms with Crippen LogP contribution < -0.4 is 54.4 Å². The van der Waals surface area contributed by atoms with Crippen LogP contribution in [0.5, 0.6) is 11.5 Å². The molecule has 0 spiro atoms. The maximum absolute atomic E-state index is 14.6. The summed E-state index contributed by atoms with van der Waals surface area (Å²) in [6.07, 6.45) is -2.57. The molecule has 0 unspecified atom stereocenters. The number of aliphatic hydroxyl groups is 2. The smallest absolute Gasteiger partial charge is 0.328 e. The first-order valence-electron chi connectivity index (χ1n) is 25.7. The molecule has 0 bridgehead atoms. The van der Waals surface area contributed by atoms with Crippen molar-refractivity contribution >= 4 is 65.1 Å². The molecule has 0 radical (unpaired) electrons. The van der Waals surface area contributed by atoms with Crippen molar-refractivity contribution in [1.29, 1.82) is 0 Å². The van der Waals surface area contributed by atoms with Crippen molar-refractivity contribution in [1.82, 2.24) is 42.1 Å². The van der Waals surface area contributed by atoms with Gasteiger partial charge in [-0.3, -0.25) is 47.9 Å². The summed E-state index contributed by atoms with van der Waals surface area (Å²) in [5.74, 6) is -12.2. The van der Waals surface area contributed by atoms with Crippen molar-refractivity contribution in [3.63, 3.8) is 0 Å². The first-order valence-corrected chi connectivity index (χ1v) is 25.7. The third-order valence-corrected chi connectivity index (χ3v) is 12.7. The van der Waals surface area contributed by atoms with E-state index in [0.717, 1.165) is 6.92 Å². The molecule has 0 aromatic heterocycles. The molecule has 1 aliphatic heterocycles. The highest BCUT2D eigenvalue weighted by molar-refractivity contribution is 5.99. The molecule has 1 heterocycles. The van der Waals surface area contributed by atoms with Gasteiger partial charge in [0.1, 0.15) is 53.8 Å². The van der Waals surface area contributed by atoms with Crippen molar-refractivity contribution in [2.24, 2.45) is 23.1 Å². The number of carboxylic acids is 2. The lowest BCUT2D eigenvalue weighted by atomic mass is 10.0. The lowest BCUT2D eigenvalue weighted by molar-refractivity contribution is -0.146. The van der Waals surface area contributed by atoms with Gasteiger partial charge in [-0.15, -0.1) is 0 Å². The molecule has 1 fully saturated rings. The van der Waals surface area contributed by atoms with Crippen molar-refractivity contribution in [3.05, 3.63) is 59.7 Å². The maximum Gasteiger partial charge on any atom is 0.328 e. The molecule has 3 rings (SSSR count). The van der Waals surface area contributed by atoms with Crippen LogP contribution in [-0.2, 0) is 65.6 Å². The Morgan fingerprint density at radius 2 is 1.13 bits per heavy atom. The molecule has 436 valence electrons. The molecule has 0 saturated carbocycles. The Morgan fingerprint density at radius 3 is 1.65 bits per heavy atom. The van der Waals surface area contributed by atoms with E-state index in [-0.39, 0.29) is 81.9 Å². The second-order valence-electron chi connectivity index (χ2n) is 19.7. The first-order chi connectivity index (χ1) is 37.2.